The molecule has 0 aliphatic rings. The lowest BCUT2D eigenvalue weighted by Gasteiger charge is -2.11. The van der Waals surface area contributed by atoms with Crippen molar-refractivity contribution in [3.05, 3.63) is 11.5 Å². The Labute approximate surface area is 118 Å². The number of unbranched alkanes of at least 4 members (excludes halogenated alkanes) is 4. The van der Waals surface area contributed by atoms with Gasteiger partial charge < -0.3 is 10.3 Å². The third-order valence-corrected chi connectivity index (χ3v) is 3.54. The highest BCUT2D eigenvalue weighted by molar-refractivity contribution is 5.38. The van der Waals surface area contributed by atoms with Gasteiger partial charge in [0, 0.05) is 13.0 Å². The molecular weight excluding hydrogens is 234 g/mol. The summed E-state index contributed by atoms with van der Waals surface area (Å²) in [7, 11) is 0. The normalized spacial score (nSPS) is 11.4. The van der Waals surface area contributed by atoms with E-state index in [1.54, 1.807) is 0 Å². The monoisotopic (exact) mass is 265 g/mol. The Bertz CT molecular complexity index is 366. The van der Waals surface area contributed by atoms with Crippen LogP contribution in [-0.2, 0) is 19.4 Å². The predicted molar refractivity (Wildman–Crippen MR) is 83.3 cm³/mol. The Hall–Kier alpha value is -0.990. The molecule has 0 spiro atoms. The topological polar surface area (TPSA) is 43.8 Å². The Morgan fingerprint density at radius 2 is 1.79 bits per heavy atom. The van der Waals surface area contributed by atoms with Crippen LogP contribution in [0.4, 0.5) is 5.82 Å². The first-order chi connectivity index (χ1) is 9.10. The molecule has 0 saturated carbocycles. The summed E-state index contributed by atoms with van der Waals surface area (Å²) in [5.74, 6) is 2.66. The van der Waals surface area contributed by atoms with Crippen molar-refractivity contribution >= 4 is 5.82 Å². The molecule has 0 radical (unpaired) electrons. The van der Waals surface area contributed by atoms with Crippen molar-refractivity contribution in [1.82, 2.24) is 9.55 Å². The third kappa shape index (κ3) is 4.88. The van der Waals surface area contributed by atoms with Crippen LogP contribution in [-0.4, -0.2) is 9.55 Å². The lowest BCUT2D eigenvalue weighted by Crippen LogP contribution is -2.11. The molecule has 110 valence electrons. The van der Waals surface area contributed by atoms with Crippen LogP contribution in [0, 0.1) is 5.92 Å². The second kappa shape index (κ2) is 8.23. The van der Waals surface area contributed by atoms with E-state index in [-0.39, 0.29) is 0 Å². The molecule has 0 fully saturated rings. The number of imidazole rings is 1. The quantitative estimate of drug-likeness (QED) is 0.680. The molecule has 0 aliphatic heterocycles. The Kier molecular flexibility index (Phi) is 6.96. The summed E-state index contributed by atoms with van der Waals surface area (Å²) in [4.78, 5) is 4.74. The van der Waals surface area contributed by atoms with Crippen molar-refractivity contribution in [1.29, 1.82) is 0 Å². The first-order valence-corrected chi connectivity index (χ1v) is 7.93. The molecule has 3 nitrogen and oxygen atoms in total. The fraction of sp³-hybridized carbons (Fsp3) is 0.812. The largest absolute Gasteiger partial charge is 0.384 e. The Morgan fingerprint density at radius 1 is 1.11 bits per heavy atom. The van der Waals surface area contributed by atoms with Crippen molar-refractivity contribution in [2.75, 3.05) is 5.73 Å². The first kappa shape index (κ1) is 16.1. The lowest BCUT2D eigenvalue weighted by atomic mass is 10.1. The van der Waals surface area contributed by atoms with Crippen molar-refractivity contribution < 1.29 is 0 Å². The summed E-state index contributed by atoms with van der Waals surface area (Å²) in [6.07, 6.45) is 8.49. The van der Waals surface area contributed by atoms with Gasteiger partial charge in [-0.05, 0) is 18.8 Å². The molecule has 0 bridgehead atoms. The number of nitrogens with zero attached hydrogens (tertiary/aromatic N) is 2. The Morgan fingerprint density at radius 3 is 2.37 bits per heavy atom. The van der Waals surface area contributed by atoms with Crippen LogP contribution in [0.5, 0.6) is 0 Å². The predicted octanol–water partition coefficient (Wildman–Crippen LogP) is 4.20. The van der Waals surface area contributed by atoms with E-state index in [0.29, 0.717) is 5.92 Å². The van der Waals surface area contributed by atoms with E-state index in [0.717, 1.165) is 36.7 Å². The van der Waals surface area contributed by atoms with Gasteiger partial charge in [-0.15, -0.1) is 0 Å². The molecule has 0 unspecified atom stereocenters. The molecular formula is C16H31N3. The van der Waals surface area contributed by atoms with Crippen molar-refractivity contribution in [3.8, 4) is 0 Å². The minimum absolute atomic E-state index is 0.610. The second-order valence-electron chi connectivity index (χ2n) is 5.88. The zero-order valence-electron chi connectivity index (χ0n) is 13.2. The first-order valence-electron chi connectivity index (χ1n) is 7.93. The van der Waals surface area contributed by atoms with E-state index in [4.69, 9.17) is 10.7 Å². The fourth-order valence-corrected chi connectivity index (χ4v) is 2.49. The van der Waals surface area contributed by atoms with Gasteiger partial charge in [-0.25, -0.2) is 4.98 Å². The van der Waals surface area contributed by atoms with E-state index in [9.17, 15) is 0 Å². The Balaban J connectivity index is 2.60. The molecule has 0 aliphatic carbocycles. The van der Waals surface area contributed by atoms with Crippen LogP contribution in [0.15, 0.2) is 0 Å². The summed E-state index contributed by atoms with van der Waals surface area (Å²) in [5, 5.41) is 0. The molecule has 0 amide bonds. The molecule has 1 rings (SSSR count). The number of nitrogens with two attached hydrogens (primary N) is 1. The smallest absolute Gasteiger partial charge is 0.126 e. The molecule has 19 heavy (non-hydrogen) atoms. The summed E-state index contributed by atoms with van der Waals surface area (Å²) in [6, 6.07) is 0. The number of rotatable bonds is 9. The highest BCUT2D eigenvalue weighted by Gasteiger charge is 2.13. The number of aryl methyl sites for hydroxylation is 2. The maximum absolute atomic E-state index is 6.27. The van der Waals surface area contributed by atoms with Crippen LogP contribution in [0.1, 0.15) is 71.3 Å². The zero-order chi connectivity index (χ0) is 14.3. The molecule has 0 atom stereocenters. The number of anilines is 1. The van der Waals surface area contributed by atoms with Crippen LogP contribution < -0.4 is 5.73 Å². The van der Waals surface area contributed by atoms with Gasteiger partial charge in [0.15, 0.2) is 0 Å². The van der Waals surface area contributed by atoms with Gasteiger partial charge in [0.1, 0.15) is 11.6 Å². The van der Waals surface area contributed by atoms with Crippen molar-refractivity contribution in [2.45, 2.75) is 79.2 Å². The maximum Gasteiger partial charge on any atom is 0.126 e. The summed E-state index contributed by atoms with van der Waals surface area (Å²) >= 11 is 0. The highest BCUT2D eigenvalue weighted by Crippen LogP contribution is 2.19. The highest BCUT2D eigenvalue weighted by atomic mass is 15.1. The number of hydrogen-bond donors (Lipinski definition) is 1. The average molecular weight is 265 g/mol. The average Bonchev–Trinajstić information content (AvgIpc) is 2.66. The van der Waals surface area contributed by atoms with Gasteiger partial charge in [0.05, 0.1) is 5.69 Å². The molecule has 0 saturated heterocycles. The van der Waals surface area contributed by atoms with E-state index in [1.165, 1.54) is 32.1 Å². The minimum Gasteiger partial charge on any atom is -0.384 e. The van der Waals surface area contributed by atoms with Gasteiger partial charge in [-0.2, -0.15) is 0 Å². The van der Waals surface area contributed by atoms with E-state index < -0.39 is 0 Å². The lowest BCUT2D eigenvalue weighted by molar-refractivity contribution is 0.513. The summed E-state index contributed by atoms with van der Waals surface area (Å²) in [6.45, 7) is 9.84. The van der Waals surface area contributed by atoms with Crippen LogP contribution in [0.25, 0.3) is 0 Å². The third-order valence-electron chi connectivity index (χ3n) is 3.54. The van der Waals surface area contributed by atoms with Crippen LogP contribution in [0.2, 0.25) is 0 Å². The fourth-order valence-electron chi connectivity index (χ4n) is 2.49. The molecule has 3 heteroatoms. The van der Waals surface area contributed by atoms with E-state index in [2.05, 4.69) is 32.3 Å². The molecule has 1 aromatic rings. The molecule has 1 aromatic heterocycles. The molecule has 0 aromatic carbocycles. The maximum atomic E-state index is 6.27. The van der Waals surface area contributed by atoms with E-state index >= 15 is 0 Å². The molecule has 1 heterocycles. The second-order valence-corrected chi connectivity index (χ2v) is 5.88. The number of aromatic nitrogens is 2. The number of nitrogen functional groups attached to an aromatic ring is 1. The van der Waals surface area contributed by atoms with Gasteiger partial charge in [-0.1, -0.05) is 53.4 Å². The standard InChI is InChI=1S/C16H31N3/c1-5-7-8-9-10-11-14-16(17)19(12-13(3)4)15(6-2)18-14/h13H,5-12,17H2,1-4H3. The zero-order valence-corrected chi connectivity index (χ0v) is 13.2. The summed E-state index contributed by atoms with van der Waals surface area (Å²) < 4.78 is 2.21. The minimum atomic E-state index is 0.610. The van der Waals surface area contributed by atoms with Crippen molar-refractivity contribution in [3.63, 3.8) is 0 Å². The molecule has 2 N–H and O–H groups in total. The SMILES string of the molecule is CCCCCCCc1nc(CC)n(CC(C)C)c1N. The van der Waals surface area contributed by atoms with Gasteiger partial charge >= 0.3 is 0 Å². The van der Waals surface area contributed by atoms with Gasteiger partial charge in [-0.3, -0.25) is 0 Å². The van der Waals surface area contributed by atoms with Gasteiger partial charge in [0.25, 0.3) is 0 Å². The van der Waals surface area contributed by atoms with Gasteiger partial charge in [0.2, 0.25) is 0 Å². The van der Waals surface area contributed by atoms with E-state index in [1.807, 2.05) is 0 Å². The van der Waals surface area contributed by atoms with Crippen LogP contribution in [0.3, 0.4) is 0 Å². The van der Waals surface area contributed by atoms with Crippen molar-refractivity contribution in [2.24, 2.45) is 5.92 Å². The number of hydrogen-bond acceptors (Lipinski definition) is 2. The van der Waals surface area contributed by atoms with Crippen LogP contribution >= 0.6 is 0 Å². The summed E-state index contributed by atoms with van der Waals surface area (Å²) in [5.41, 5.74) is 7.39.